The molecule has 4 nitrogen and oxygen atoms in total. The van der Waals surface area contributed by atoms with Crippen LogP contribution in [0.3, 0.4) is 0 Å². The van der Waals surface area contributed by atoms with E-state index in [1.165, 1.54) is 0 Å². The van der Waals surface area contributed by atoms with Crippen LogP contribution in [-0.2, 0) is 16.1 Å². The molecule has 0 aromatic heterocycles. The van der Waals surface area contributed by atoms with Crippen LogP contribution < -0.4 is 5.32 Å². The van der Waals surface area contributed by atoms with E-state index in [0.717, 1.165) is 10.0 Å². The number of carbonyl (C=O) groups is 1. The molecule has 1 aliphatic heterocycles. The predicted molar refractivity (Wildman–Crippen MR) is 66.3 cm³/mol. The van der Waals surface area contributed by atoms with E-state index in [1.54, 1.807) is 0 Å². The van der Waals surface area contributed by atoms with Crippen LogP contribution in [-0.4, -0.2) is 30.8 Å². The lowest BCUT2D eigenvalue weighted by Crippen LogP contribution is -2.56. The normalized spacial score (nSPS) is 17.3. The Morgan fingerprint density at radius 1 is 1.47 bits per heavy atom. The fraction of sp³-hybridized carbons (Fsp3) is 0.417. The Morgan fingerprint density at radius 2 is 2.18 bits per heavy atom. The second-order valence-corrected chi connectivity index (χ2v) is 5.06. The molecule has 1 amide bonds. The van der Waals surface area contributed by atoms with E-state index in [1.807, 2.05) is 24.3 Å². The van der Waals surface area contributed by atoms with Crippen molar-refractivity contribution in [1.29, 1.82) is 0 Å². The first kappa shape index (κ1) is 12.5. The average molecular weight is 300 g/mol. The minimum Gasteiger partial charge on any atom is -0.395 e. The maximum Gasteiger partial charge on any atom is 0.233 e. The molecule has 92 valence electrons. The zero-order valence-corrected chi connectivity index (χ0v) is 10.9. The molecule has 0 unspecified atom stereocenters. The number of ether oxygens (including phenoxy) is 1. The van der Waals surface area contributed by atoms with Crippen LogP contribution in [0.4, 0.5) is 0 Å². The molecule has 0 bridgehead atoms. The lowest BCUT2D eigenvalue weighted by atomic mass is 9.86. The van der Waals surface area contributed by atoms with Gasteiger partial charge in [-0.2, -0.15) is 0 Å². The lowest BCUT2D eigenvalue weighted by Gasteiger charge is -2.38. The summed E-state index contributed by atoms with van der Waals surface area (Å²) in [6.45, 7) is 0.868. The third kappa shape index (κ3) is 2.51. The lowest BCUT2D eigenvalue weighted by molar-refractivity contribution is -0.170. The van der Waals surface area contributed by atoms with Gasteiger partial charge in [0, 0.05) is 11.0 Å². The Bertz CT molecular complexity index is 412. The molecule has 0 spiro atoms. The Morgan fingerprint density at radius 3 is 2.71 bits per heavy atom. The Kier molecular flexibility index (Phi) is 3.81. The van der Waals surface area contributed by atoms with Gasteiger partial charge >= 0.3 is 0 Å². The van der Waals surface area contributed by atoms with Crippen LogP contribution in [0.25, 0.3) is 0 Å². The van der Waals surface area contributed by atoms with Crippen molar-refractivity contribution >= 4 is 21.8 Å². The second kappa shape index (κ2) is 5.16. The summed E-state index contributed by atoms with van der Waals surface area (Å²) in [6.07, 6.45) is 0. The van der Waals surface area contributed by atoms with Crippen LogP contribution in [0, 0.1) is 5.41 Å². The SMILES string of the molecule is O=C(NCc1ccccc1Br)C1(CO)COC1. The van der Waals surface area contributed by atoms with Crippen molar-refractivity contribution in [3.63, 3.8) is 0 Å². The van der Waals surface area contributed by atoms with Gasteiger partial charge in [0.15, 0.2) is 0 Å². The summed E-state index contributed by atoms with van der Waals surface area (Å²) < 4.78 is 5.96. The fourth-order valence-corrected chi connectivity index (χ4v) is 2.07. The van der Waals surface area contributed by atoms with Crippen molar-refractivity contribution < 1.29 is 14.6 Å². The van der Waals surface area contributed by atoms with Crippen LogP contribution in [0.1, 0.15) is 5.56 Å². The fourth-order valence-electron chi connectivity index (χ4n) is 1.65. The second-order valence-electron chi connectivity index (χ2n) is 4.21. The van der Waals surface area contributed by atoms with Gasteiger partial charge in [0.1, 0.15) is 5.41 Å². The quantitative estimate of drug-likeness (QED) is 0.874. The van der Waals surface area contributed by atoms with E-state index in [2.05, 4.69) is 21.2 Å². The molecular formula is C12H14BrNO3. The number of hydrogen-bond acceptors (Lipinski definition) is 3. The summed E-state index contributed by atoms with van der Waals surface area (Å²) in [6, 6.07) is 7.70. The van der Waals surface area contributed by atoms with Gasteiger partial charge in [0.2, 0.25) is 5.91 Å². The molecule has 0 radical (unpaired) electrons. The molecule has 5 heteroatoms. The number of aliphatic hydroxyl groups is 1. The molecule has 1 aromatic carbocycles. The number of halogens is 1. The summed E-state index contributed by atoms with van der Waals surface area (Å²) in [7, 11) is 0. The van der Waals surface area contributed by atoms with E-state index in [0.29, 0.717) is 19.8 Å². The molecule has 1 fully saturated rings. The molecule has 17 heavy (non-hydrogen) atoms. The van der Waals surface area contributed by atoms with E-state index < -0.39 is 5.41 Å². The first-order chi connectivity index (χ1) is 8.18. The number of hydrogen-bond donors (Lipinski definition) is 2. The van der Waals surface area contributed by atoms with E-state index in [9.17, 15) is 9.90 Å². The molecule has 1 heterocycles. The van der Waals surface area contributed by atoms with Crippen LogP contribution >= 0.6 is 15.9 Å². The standard InChI is InChI=1S/C12H14BrNO3/c13-10-4-2-1-3-9(10)5-14-11(16)12(6-15)7-17-8-12/h1-4,15H,5-8H2,(H,14,16). The molecule has 2 rings (SSSR count). The molecule has 1 aliphatic rings. The third-order valence-electron chi connectivity index (χ3n) is 2.94. The zero-order chi connectivity index (χ0) is 12.3. The predicted octanol–water partition coefficient (Wildman–Crippen LogP) is 1.07. The number of amides is 1. The van der Waals surface area contributed by atoms with Crippen molar-refractivity contribution in [3.8, 4) is 0 Å². The number of aliphatic hydroxyl groups excluding tert-OH is 1. The van der Waals surface area contributed by atoms with Gasteiger partial charge in [0.25, 0.3) is 0 Å². The third-order valence-corrected chi connectivity index (χ3v) is 3.71. The molecule has 1 saturated heterocycles. The van der Waals surface area contributed by atoms with Crippen molar-refractivity contribution in [1.82, 2.24) is 5.32 Å². The molecular weight excluding hydrogens is 286 g/mol. The van der Waals surface area contributed by atoms with E-state index in [4.69, 9.17) is 4.74 Å². The Labute approximate surface area is 108 Å². The zero-order valence-electron chi connectivity index (χ0n) is 9.28. The molecule has 2 N–H and O–H groups in total. The first-order valence-corrected chi connectivity index (χ1v) is 6.17. The number of benzene rings is 1. The summed E-state index contributed by atoms with van der Waals surface area (Å²) in [5.41, 5.74) is 0.274. The van der Waals surface area contributed by atoms with Gasteiger partial charge in [-0.15, -0.1) is 0 Å². The van der Waals surface area contributed by atoms with Gasteiger partial charge < -0.3 is 15.2 Å². The Hall–Kier alpha value is -0.910. The smallest absolute Gasteiger partial charge is 0.233 e. The number of carbonyl (C=O) groups excluding carboxylic acids is 1. The van der Waals surface area contributed by atoms with Gasteiger partial charge in [-0.3, -0.25) is 4.79 Å². The van der Waals surface area contributed by atoms with Crippen molar-refractivity contribution in [2.45, 2.75) is 6.54 Å². The van der Waals surface area contributed by atoms with Crippen molar-refractivity contribution in [2.24, 2.45) is 5.41 Å². The van der Waals surface area contributed by atoms with Crippen LogP contribution in [0.15, 0.2) is 28.7 Å². The molecule has 0 atom stereocenters. The topological polar surface area (TPSA) is 58.6 Å². The summed E-state index contributed by atoms with van der Waals surface area (Å²) in [5, 5.41) is 12.0. The summed E-state index contributed by atoms with van der Waals surface area (Å²) in [5.74, 6) is -0.151. The highest BCUT2D eigenvalue weighted by Gasteiger charge is 2.45. The number of rotatable bonds is 4. The maximum absolute atomic E-state index is 11.9. The van der Waals surface area contributed by atoms with Crippen molar-refractivity contribution in [3.05, 3.63) is 34.3 Å². The van der Waals surface area contributed by atoms with Crippen molar-refractivity contribution in [2.75, 3.05) is 19.8 Å². The number of nitrogens with one attached hydrogen (secondary N) is 1. The highest BCUT2D eigenvalue weighted by Crippen LogP contribution is 2.27. The maximum atomic E-state index is 11.9. The van der Waals surface area contributed by atoms with Crippen LogP contribution in [0.2, 0.25) is 0 Å². The largest absolute Gasteiger partial charge is 0.395 e. The van der Waals surface area contributed by atoms with Gasteiger partial charge in [0.05, 0.1) is 19.8 Å². The first-order valence-electron chi connectivity index (χ1n) is 5.38. The van der Waals surface area contributed by atoms with E-state index >= 15 is 0 Å². The van der Waals surface area contributed by atoms with Gasteiger partial charge in [-0.1, -0.05) is 34.1 Å². The Balaban J connectivity index is 1.95. The van der Waals surface area contributed by atoms with Gasteiger partial charge in [-0.25, -0.2) is 0 Å². The van der Waals surface area contributed by atoms with Gasteiger partial charge in [-0.05, 0) is 11.6 Å². The summed E-state index contributed by atoms with van der Waals surface area (Å²) >= 11 is 3.42. The average Bonchev–Trinajstić information content (AvgIpc) is 2.27. The van der Waals surface area contributed by atoms with E-state index in [-0.39, 0.29) is 12.5 Å². The van der Waals surface area contributed by atoms with Crippen LogP contribution in [0.5, 0.6) is 0 Å². The summed E-state index contributed by atoms with van der Waals surface area (Å²) in [4.78, 5) is 11.9. The monoisotopic (exact) mass is 299 g/mol. The highest BCUT2D eigenvalue weighted by molar-refractivity contribution is 9.10. The molecule has 0 aliphatic carbocycles. The molecule has 1 aromatic rings. The molecule has 0 saturated carbocycles. The minimum absolute atomic E-state index is 0.151. The minimum atomic E-state index is -0.735. The highest BCUT2D eigenvalue weighted by atomic mass is 79.9.